The van der Waals surface area contributed by atoms with Crippen LogP contribution in [0.25, 0.3) is 0 Å². The van der Waals surface area contributed by atoms with E-state index in [0.717, 1.165) is 32.4 Å². The Morgan fingerprint density at radius 3 is 2.81 bits per heavy atom. The van der Waals surface area contributed by atoms with Gasteiger partial charge in [-0.15, -0.1) is 0 Å². The van der Waals surface area contributed by atoms with Crippen LogP contribution in [0.2, 0.25) is 0 Å². The molecule has 1 heterocycles. The largest absolute Gasteiger partial charge is 0.465 e. The molecule has 1 aliphatic rings. The van der Waals surface area contributed by atoms with E-state index >= 15 is 0 Å². The van der Waals surface area contributed by atoms with Gasteiger partial charge in [0.05, 0.1) is 18.1 Å². The van der Waals surface area contributed by atoms with Gasteiger partial charge in [-0.3, -0.25) is 4.79 Å². The summed E-state index contributed by atoms with van der Waals surface area (Å²) in [5, 5.41) is 3.21. The second-order valence-corrected chi connectivity index (χ2v) is 4.92. The first kappa shape index (κ1) is 13.5. The van der Waals surface area contributed by atoms with E-state index in [2.05, 4.69) is 5.32 Å². The van der Waals surface area contributed by atoms with Crippen LogP contribution >= 0.6 is 0 Å². The molecule has 0 aromatic heterocycles. The quantitative estimate of drug-likeness (QED) is 0.723. The molecule has 4 heteroatoms. The predicted molar refractivity (Wildman–Crippen MR) is 62.3 cm³/mol. The molecule has 0 spiro atoms. The van der Waals surface area contributed by atoms with Crippen LogP contribution in [0.3, 0.4) is 0 Å². The van der Waals surface area contributed by atoms with E-state index in [1.807, 2.05) is 13.8 Å². The van der Waals surface area contributed by atoms with Gasteiger partial charge in [0, 0.05) is 20.1 Å². The number of piperidine rings is 1. The molecule has 0 radical (unpaired) electrons. The minimum atomic E-state index is -0.217. The topological polar surface area (TPSA) is 47.6 Å². The van der Waals surface area contributed by atoms with E-state index in [4.69, 9.17) is 9.47 Å². The Labute approximate surface area is 97.7 Å². The Hall–Kier alpha value is -0.610. The molecule has 1 fully saturated rings. The summed E-state index contributed by atoms with van der Waals surface area (Å²) >= 11 is 0. The average molecular weight is 229 g/mol. The third-order valence-corrected chi connectivity index (χ3v) is 3.13. The first-order chi connectivity index (χ1) is 7.55. The Morgan fingerprint density at radius 1 is 1.50 bits per heavy atom. The molecule has 0 aromatic carbocycles. The van der Waals surface area contributed by atoms with Gasteiger partial charge in [0.25, 0.3) is 0 Å². The molecular formula is C12H23NO3. The molecule has 0 amide bonds. The lowest BCUT2D eigenvalue weighted by molar-refractivity contribution is -0.150. The second kappa shape index (κ2) is 6.21. The number of ether oxygens (including phenoxy) is 2. The zero-order valence-electron chi connectivity index (χ0n) is 10.5. The minimum absolute atomic E-state index is 0.0411. The molecule has 0 bridgehead atoms. The second-order valence-electron chi connectivity index (χ2n) is 4.92. The Bertz CT molecular complexity index is 222. The van der Waals surface area contributed by atoms with Crippen LogP contribution in [-0.4, -0.2) is 38.4 Å². The number of methoxy groups -OCH3 is 1. The summed E-state index contributed by atoms with van der Waals surface area (Å²) < 4.78 is 10.5. The van der Waals surface area contributed by atoms with E-state index in [-0.39, 0.29) is 17.5 Å². The number of carbonyl (C=O) groups excluding carboxylic acids is 1. The molecular weight excluding hydrogens is 206 g/mol. The third-order valence-electron chi connectivity index (χ3n) is 3.13. The number of esters is 1. The summed E-state index contributed by atoms with van der Waals surface area (Å²) in [7, 11) is 1.67. The van der Waals surface area contributed by atoms with Crippen molar-refractivity contribution in [3.05, 3.63) is 0 Å². The zero-order valence-corrected chi connectivity index (χ0v) is 10.5. The first-order valence-electron chi connectivity index (χ1n) is 5.98. The summed E-state index contributed by atoms with van der Waals surface area (Å²) in [6, 6.07) is 0. The SMILES string of the molecule is COC(C)(C)CCOC(=O)C1CCCNC1. The van der Waals surface area contributed by atoms with Crippen LogP contribution in [-0.2, 0) is 14.3 Å². The van der Waals surface area contributed by atoms with Gasteiger partial charge in [0.1, 0.15) is 0 Å². The van der Waals surface area contributed by atoms with Crippen molar-refractivity contribution in [2.45, 2.75) is 38.7 Å². The predicted octanol–water partition coefficient (Wildman–Crippen LogP) is 1.34. The fourth-order valence-electron chi connectivity index (χ4n) is 1.67. The number of hydrogen-bond acceptors (Lipinski definition) is 4. The third kappa shape index (κ3) is 4.49. The highest BCUT2D eigenvalue weighted by Gasteiger charge is 2.23. The van der Waals surface area contributed by atoms with Crippen molar-refractivity contribution in [3.63, 3.8) is 0 Å². The van der Waals surface area contributed by atoms with Crippen LogP contribution in [0.15, 0.2) is 0 Å². The van der Waals surface area contributed by atoms with Crippen molar-refractivity contribution >= 4 is 5.97 Å². The van der Waals surface area contributed by atoms with Crippen molar-refractivity contribution in [2.24, 2.45) is 5.92 Å². The van der Waals surface area contributed by atoms with Gasteiger partial charge in [-0.2, -0.15) is 0 Å². The first-order valence-corrected chi connectivity index (χ1v) is 5.98. The molecule has 0 aromatic rings. The van der Waals surface area contributed by atoms with Gasteiger partial charge < -0.3 is 14.8 Å². The zero-order chi connectivity index (χ0) is 12.0. The Morgan fingerprint density at radius 2 is 2.25 bits per heavy atom. The standard InChI is InChI=1S/C12H23NO3/c1-12(2,15-3)6-8-16-11(14)10-5-4-7-13-9-10/h10,13H,4-9H2,1-3H3. The molecule has 1 aliphatic heterocycles. The monoisotopic (exact) mass is 229 g/mol. The van der Waals surface area contributed by atoms with Crippen LogP contribution in [0, 0.1) is 5.92 Å². The van der Waals surface area contributed by atoms with Crippen LogP contribution in [0.1, 0.15) is 33.1 Å². The lowest BCUT2D eigenvalue weighted by Crippen LogP contribution is -2.36. The fraction of sp³-hybridized carbons (Fsp3) is 0.917. The normalized spacial score (nSPS) is 21.8. The molecule has 1 atom stereocenters. The van der Waals surface area contributed by atoms with Gasteiger partial charge >= 0.3 is 5.97 Å². The number of hydrogen-bond donors (Lipinski definition) is 1. The molecule has 1 unspecified atom stereocenters. The lowest BCUT2D eigenvalue weighted by Gasteiger charge is -2.24. The molecule has 94 valence electrons. The highest BCUT2D eigenvalue weighted by atomic mass is 16.5. The minimum Gasteiger partial charge on any atom is -0.465 e. The van der Waals surface area contributed by atoms with E-state index < -0.39 is 0 Å². The van der Waals surface area contributed by atoms with Gasteiger partial charge in [-0.25, -0.2) is 0 Å². The molecule has 0 aliphatic carbocycles. The van der Waals surface area contributed by atoms with E-state index in [0.29, 0.717) is 6.61 Å². The highest BCUT2D eigenvalue weighted by Crippen LogP contribution is 2.15. The highest BCUT2D eigenvalue weighted by molar-refractivity contribution is 5.72. The molecule has 0 saturated carbocycles. The summed E-state index contributed by atoms with van der Waals surface area (Å²) in [5.41, 5.74) is -0.217. The molecule has 1 rings (SSSR count). The van der Waals surface area contributed by atoms with Gasteiger partial charge in [0.2, 0.25) is 0 Å². The van der Waals surface area contributed by atoms with E-state index in [1.165, 1.54) is 0 Å². The maximum atomic E-state index is 11.7. The van der Waals surface area contributed by atoms with Crippen molar-refractivity contribution in [2.75, 3.05) is 26.8 Å². The van der Waals surface area contributed by atoms with Crippen LogP contribution in [0.4, 0.5) is 0 Å². The smallest absolute Gasteiger partial charge is 0.310 e. The van der Waals surface area contributed by atoms with E-state index in [1.54, 1.807) is 7.11 Å². The van der Waals surface area contributed by atoms with Gasteiger partial charge in [-0.1, -0.05) is 0 Å². The van der Waals surface area contributed by atoms with Crippen molar-refractivity contribution in [1.29, 1.82) is 0 Å². The van der Waals surface area contributed by atoms with Crippen molar-refractivity contribution in [3.8, 4) is 0 Å². The fourth-order valence-corrected chi connectivity index (χ4v) is 1.67. The summed E-state index contributed by atoms with van der Waals surface area (Å²) in [6.07, 6.45) is 2.73. The van der Waals surface area contributed by atoms with E-state index in [9.17, 15) is 4.79 Å². The molecule has 16 heavy (non-hydrogen) atoms. The Kier molecular flexibility index (Phi) is 5.22. The maximum absolute atomic E-state index is 11.7. The van der Waals surface area contributed by atoms with Gasteiger partial charge in [0.15, 0.2) is 0 Å². The van der Waals surface area contributed by atoms with Crippen LogP contribution < -0.4 is 5.32 Å². The Balaban J connectivity index is 2.19. The average Bonchev–Trinajstić information content (AvgIpc) is 2.30. The number of carbonyl (C=O) groups is 1. The molecule has 4 nitrogen and oxygen atoms in total. The van der Waals surface area contributed by atoms with Gasteiger partial charge in [-0.05, 0) is 33.2 Å². The molecule has 1 N–H and O–H groups in total. The number of nitrogens with one attached hydrogen (secondary N) is 1. The summed E-state index contributed by atoms with van der Waals surface area (Å²) in [4.78, 5) is 11.7. The summed E-state index contributed by atoms with van der Waals surface area (Å²) in [6.45, 7) is 6.19. The van der Waals surface area contributed by atoms with Crippen molar-refractivity contribution < 1.29 is 14.3 Å². The van der Waals surface area contributed by atoms with Crippen molar-refractivity contribution in [1.82, 2.24) is 5.32 Å². The lowest BCUT2D eigenvalue weighted by atomic mass is 10.00. The molecule has 1 saturated heterocycles. The number of rotatable bonds is 5. The van der Waals surface area contributed by atoms with Crippen LogP contribution in [0.5, 0.6) is 0 Å². The maximum Gasteiger partial charge on any atom is 0.310 e. The summed E-state index contributed by atoms with van der Waals surface area (Å²) in [5.74, 6) is -0.0292.